The first-order valence-electron chi connectivity index (χ1n) is 8.85. The van der Waals surface area contributed by atoms with Crippen molar-refractivity contribution in [3.63, 3.8) is 0 Å². The third-order valence-electron chi connectivity index (χ3n) is 5.36. The van der Waals surface area contributed by atoms with Gasteiger partial charge in [0.15, 0.2) is 0 Å². The van der Waals surface area contributed by atoms with Crippen molar-refractivity contribution in [2.45, 2.75) is 83.5 Å². The molecule has 0 atom stereocenters. The second-order valence-corrected chi connectivity index (χ2v) is 7.77. The van der Waals surface area contributed by atoms with Crippen molar-refractivity contribution in [3.8, 4) is 5.75 Å². The molecule has 1 saturated heterocycles. The van der Waals surface area contributed by atoms with Gasteiger partial charge in [-0.25, -0.2) is 0 Å². The van der Waals surface area contributed by atoms with Crippen LogP contribution >= 0.6 is 0 Å². The SMILES string of the molecule is CC1(C)OB(c2cncc(OC3CCCCCC3)c2)OC1(C)C. The molecule has 2 aliphatic rings. The van der Waals surface area contributed by atoms with Crippen LogP contribution in [0, 0.1) is 0 Å². The fourth-order valence-electron chi connectivity index (χ4n) is 3.16. The minimum Gasteiger partial charge on any atom is -0.489 e. The number of hydrogen-bond donors (Lipinski definition) is 0. The van der Waals surface area contributed by atoms with E-state index in [1.165, 1.54) is 25.7 Å². The van der Waals surface area contributed by atoms with Gasteiger partial charge in [-0.3, -0.25) is 4.98 Å². The Bertz CT molecular complexity index is 523. The summed E-state index contributed by atoms with van der Waals surface area (Å²) in [5.74, 6) is 0.823. The molecule has 1 aromatic rings. The Balaban J connectivity index is 1.70. The number of aromatic nitrogens is 1. The molecule has 0 bridgehead atoms. The number of ether oxygens (including phenoxy) is 1. The van der Waals surface area contributed by atoms with Crippen molar-refractivity contribution in [3.05, 3.63) is 18.5 Å². The molecule has 3 rings (SSSR count). The third-order valence-corrected chi connectivity index (χ3v) is 5.36. The summed E-state index contributed by atoms with van der Waals surface area (Å²) < 4.78 is 18.4. The number of nitrogens with zero attached hydrogens (tertiary/aromatic N) is 1. The zero-order valence-corrected chi connectivity index (χ0v) is 14.8. The maximum atomic E-state index is 6.17. The first-order chi connectivity index (χ1) is 10.9. The van der Waals surface area contributed by atoms with Gasteiger partial charge in [0.05, 0.1) is 23.5 Å². The first kappa shape index (κ1) is 16.8. The average Bonchev–Trinajstić information content (AvgIpc) is 2.67. The molecule has 1 aliphatic heterocycles. The van der Waals surface area contributed by atoms with Crippen LogP contribution in [0.4, 0.5) is 0 Å². The van der Waals surface area contributed by atoms with E-state index in [2.05, 4.69) is 32.7 Å². The van der Waals surface area contributed by atoms with Crippen LogP contribution in [-0.4, -0.2) is 29.4 Å². The fraction of sp³-hybridized carbons (Fsp3) is 0.722. The highest BCUT2D eigenvalue weighted by Crippen LogP contribution is 2.36. The summed E-state index contributed by atoms with van der Waals surface area (Å²) in [6.45, 7) is 8.25. The predicted molar refractivity (Wildman–Crippen MR) is 92.1 cm³/mol. The highest BCUT2D eigenvalue weighted by atomic mass is 16.7. The lowest BCUT2D eigenvalue weighted by molar-refractivity contribution is 0.00578. The van der Waals surface area contributed by atoms with E-state index in [-0.39, 0.29) is 18.3 Å². The van der Waals surface area contributed by atoms with Gasteiger partial charge in [0.1, 0.15) is 5.75 Å². The van der Waals surface area contributed by atoms with Crippen molar-refractivity contribution < 1.29 is 14.0 Å². The molecule has 0 N–H and O–H groups in total. The van der Waals surface area contributed by atoms with Gasteiger partial charge >= 0.3 is 7.12 Å². The molecular formula is C18H28BNO3. The first-order valence-corrected chi connectivity index (χ1v) is 8.85. The van der Waals surface area contributed by atoms with Crippen molar-refractivity contribution in [1.82, 2.24) is 4.98 Å². The lowest BCUT2D eigenvalue weighted by Gasteiger charge is -2.32. The van der Waals surface area contributed by atoms with E-state index in [0.29, 0.717) is 6.10 Å². The van der Waals surface area contributed by atoms with Crippen LogP contribution in [0.2, 0.25) is 0 Å². The van der Waals surface area contributed by atoms with Gasteiger partial charge in [0.25, 0.3) is 0 Å². The van der Waals surface area contributed by atoms with Crippen LogP contribution in [0.25, 0.3) is 0 Å². The second kappa shape index (κ2) is 6.44. The normalized spacial score (nSPS) is 24.4. The van der Waals surface area contributed by atoms with E-state index < -0.39 is 0 Å². The molecule has 0 spiro atoms. The summed E-state index contributed by atoms with van der Waals surface area (Å²) in [4.78, 5) is 4.33. The maximum Gasteiger partial charge on any atom is 0.496 e. The molecule has 0 unspecified atom stereocenters. The lowest BCUT2D eigenvalue weighted by Crippen LogP contribution is -2.41. The van der Waals surface area contributed by atoms with Crippen molar-refractivity contribution in [2.24, 2.45) is 0 Å². The molecule has 5 heteroatoms. The van der Waals surface area contributed by atoms with Gasteiger partial charge < -0.3 is 14.0 Å². The molecule has 0 aromatic carbocycles. The molecule has 0 amide bonds. The zero-order chi connectivity index (χ0) is 16.5. The van der Waals surface area contributed by atoms with E-state index in [1.54, 1.807) is 6.20 Å². The number of pyridine rings is 1. The molecule has 0 radical (unpaired) electrons. The molecule has 23 heavy (non-hydrogen) atoms. The standard InChI is InChI=1S/C18H28BNO3/c1-17(2)18(3,4)23-19(22-17)14-11-16(13-20-12-14)21-15-9-7-5-6-8-10-15/h11-13,15H,5-10H2,1-4H3. The number of rotatable bonds is 3. The molecule has 1 aromatic heterocycles. The average molecular weight is 317 g/mol. The van der Waals surface area contributed by atoms with Crippen LogP contribution in [0.15, 0.2) is 18.5 Å². The van der Waals surface area contributed by atoms with Crippen molar-refractivity contribution >= 4 is 12.6 Å². The Labute approximate surface area is 140 Å². The van der Waals surface area contributed by atoms with Crippen LogP contribution < -0.4 is 10.2 Å². The van der Waals surface area contributed by atoms with Crippen LogP contribution in [0.1, 0.15) is 66.2 Å². The van der Waals surface area contributed by atoms with E-state index in [4.69, 9.17) is 14.0 Å². The molecular weight excluding hydrogens is 289 g/mol. The molecule has 4 nitrogen and oxygen atoms in total. The van der Waals surface area contributed by atoms with Crippen LogP contribution in [-0.2, 0) is 9.31 Å². The van der Waals surface area contributed by atoms with Gasteiger partial charge in [0.2, 0.25) is 0 Å². The summed E-state index contributed by atoms with van der Waals surface area (Å²) in [7, 11) is -0.384. The molecule has 126 valence electrons. The van der Waals surface area contributed by atoms with E-state index in [1.807, 2.05) is 12.3 Å². The minimum absolute atomic E-state index is 0.313. The predicted octanol–water partition coefficient (Wildman–Crippen LogP) is 3.48. The smallest absolute Gasteiger partial charge is 0.489 e. The van der Waals surface area contributed by atoms with Crippen LogP contribution in [0.3, 0.4) is 0 Å². The lowest BCUT2D eigenvalue weighted by atomic mass is 9.80. The zero-order valence-electron chi connectivity index (χ0n) is 14.8. The Morgan fingerprint density at radius 1 is 1.00 bits per heavy atom. The van der Waals surface area contributed by atoms with Gasteiger partial charge in [-0.15, -0.1) is 0 Å². The highest BCUT2D eigenvalue weighted by molar-refractivity contribution is 6.62. The summed E-state index contributed by atoms with van der Waals surface area (Å²) in [6, 6.07) is 2.01. The van der Waals surface area contributed by atoms with E-state index >= 15 is 0 Å². The molecule has 2 heterocycles. The summed E-state index contributed by atoms with van der Waals surface area (Å²) in [6.07, 6.45) is 11.4. The third kappa shape index (κ3) is 3.72. The Morgan fingerprint density at radius 3 is 2.22 bits per heavy atom. The van der Waals surface area contributed by atoms with Crippen molar-refractivity contribution in [1.29, 1.82) is 0 Å². The van der Waals surface area contributed by atoms with Gasteiger partial charge in [0, 0.05) is 11.7 Å². The summed E-state index contributed by atoms with van der Waals surface area (Å²) in [5, 5.41) is 0. The van der Waals surface area contributed by atoms with Gasteiger partial charge in [-0.2, -0.15) is 0 Å². The largest absolute Gasteiger partial charge is 0.496 e. The monoisotopic (exact) mass is 317 g/mol. The van der Waals surface area contributed by atoms with E-state index in [0.717, 1.165) is 24.1 Å². The Hall–Kier alpha value is -1.07. The Kier molecular flexibility index (Phi) is 4.70. The quantitative estimate of drug-likeness (QED) is 0.632. The topological polar surface area (TPSA) is 40.6 Å². The van der Waals surface area contributed by atoms with E-state index in [9.17, 15) is 0 Å². The molecule has 1 aliphatic carbocycles. The van der Waals surface area contributed by atoms with Gasteiger partial charge in [-0.1, -0.05) is 12.8 Å². The molecule has 1 saturated carbocycles. The number of hydrogen-bond acceptors (Lipinski definition) is 4. The Morgan fingerprint density at radius 2 is 1.61 bits per heavy atom. The second-order valence-electron chi connectivity index (χ2n) is 7.77. The minimum atomic E-state index is -0.384. The summed E-state index contributed by atoms with van der Waals surface area (Å²) in [5.41, 5.74) is 0.251. The fourth-order valence-corrected chi connectivity index (χ4v) is 3.16. The summed E-state index contributed by atoms with van der Waals surface area (Å²) >= 11 is 0. The van der Waals surface area contributed by atoms with Crippen molar-refractivity contribution in [2.75, 3.05) is 0 Å². The van der Waals surface area contributed by atoms with Crippen LogP contribution in [0.5, 0.6) is 5.75 Å². The maximum absolute atomic E-state index is 6.17. The molecule has 2 fully saturated rings. The van der Waals surface area contributed by atoms with Gasteiger partial charge in [-0.05, 0) is 59.4 Å². The highest BCUT2D eigenvalue weighted by Gasteiger charge is 2.51.